The quantitative estimate of drug-likeness (QED) is 0.278. The molecule has 33 heavy (non-hydrogen) atoms. The van der Waals surface area contributed by atoms with Gasteiger partial charge in [-0.15, -0.1) is 0 Å². The Labute approximate surface area is 197 Å². The molecule has 2 rings (SSSR count). The number of hydrogen-bond acceptors (Lipinski definition) is 6. The van der Waals surface area contributed by atoms with Gasteiger partial charge in [0.1, 0.15) is 0 Å². The number of halogens is 1. The summed E-state index contributed by atoms with van der Waals surface area (Å²) in [5.41, 5.74) is 3.38. The average molecular weight is 475 g/mol. The zero-order valence-corrected chi connectivity index (χ0v) is 19.4. The van der Waals surface area contributed by atoms with Gasteiger partial charge in [-0.25, -0.2) is 5.43 Å². The minimum absolute atomic E-state index is 0.109. The number of hydrogen-bond donors (Lipinski definition) is 3. The number of benzene rings is 2. The first kappa shape index (κ1) is 25.7. The Morgan fingerprint density at radius 1 is 1.03 bits per heavy atom. The van der Waals surface area contributed by atoms with E-state index in [0.29, 0.717) is 40.8 Å². The van der Waals surface area contributed by atoms with E-state index in [4.69, 9.17) is 21.1 Å². The molecule has 0 saturated heterocycles. The van der Waals surface area contributed by atoms with Crippen molar-refractivity contribution in [3.63, 3.8) is 0 Å². The van der Waals surface area contributed by atoms with Crippen LogP contribution >= 0.6 is 11.6 Å². The lowest BCUT2D eigenvalue weighted by Gasteiger charge is -2.13. The predicted octanol–water partition coefficient (Wildman–Crippen LogP) is 3.12. The normalized spacial score (nSPS) is 11.5. The van der Waals surface area contributed by atoms with E-state index in [1.165, 1.54) is 6.21 Å². The number of rotatable bonds is 10. The number of carbonyl (C=O) groups is 3. The van der Waals surface area contributed by atoms with Gasteiger partial charge in [-0.1, -0.05) is 18.5 Å². The standard InChI is InChI=1S/C23H27ClN4O5/c1-4-15(3)26-22(30)23(31)28-25-13-16-6-11-19(20(12-16)32-5-2)33-14-21(29)27-18-9-7-17(24)8-10-18/h6-13,15H,4-5,14H2,1-3H3,(H,26,30)(H,27,29)(H,28,31)/b25-13-/t15-/m0/s1. The summed E-state index contributed by atoms with van der Waals surface area (Å²) in [7, 11) is 0. The molecule has 2 aromatic carbocycles. The number of carbonyl (C=O) groups excluding carboxylic acids is 3. The lowest BCUT2D eigenvalue weighted by molar-refractivity contribution is -0.139. The molecule has 0 aliphatic rings. The van der Waals surface area contributed by atoms with Gasteiger partial charge < -0.3 is 20.1 Å². The molecule has 176 valence electrons. The maximum absolute atomic E-state index is 12.1. The van der Waals surface area contributed by atoms with Gasteiger partial charge >= 0.3 is 11.8 Å². The van der Waals surface area contributed by atoms with Crippen LogP contribution in [0.15, 0.2) is 47.6 Å². The van der Waals surface area contributed by atoms with E-state index in [1.54, 1.807) is 49.4 Å². The average Bonchev–Trinajstić information content (AvgIpc) is 2.80. The molecule has 0 spiro atoms. The van der Waals surface area contributed by atoms with Crippen LogP contribution in [0, 0.1) is 0 Å². The van der Waals surface area contributed by atoms with E-state index in [9.17, 15) is 14.4 Å². The number of nitrogens with one attached hydrogen (secondary N) is 3. The molecular formula is C23H27ClN4O5. The Bertz CT molecular complexity index is 995. The van der Waals surface area contributed by atoms with Gasteiger partial charge in [0, 0.05) is 16.8 Å². The van der Waals surface area contributed by atoms with Crippen molar-refractivity contribution in [1.82, 2.24) is 10.7 Å². The van der Waals surface area contributed by atoms with Crippen molar-refractivity contribution in [1.29, 1.82) is 0 Å². The fraction of sp³-hybridized carbons (Fsp3) is 0.304. The van der Waals surface area contributed by atoms with Crippen LogP contribution in [0.5, 0.6) is 11.5 Å². The molecule has 0 aromatic heterocycles. The Morgan fingerprint density at radius 3 is 2.42 bits per heavy atom. The largest absolute Gasteiger partial charge is 0.490 e. The highest BCUT2D eigenvalue weighted by molar-refractivity contribution is 6.35. The predicted molar refractivity (Wildman–Crippen MR) is 127 cm³/mol. The van der Waals surface area contributed by atoms with Crippen LogP contribution in [0.4, 0.5) is 5.69 Å². The molecule has 0 saturated carbocycles. The second-order valence-corrected chi connectivity index (χ2v) is 7.40. The summed E-state index contributed by atoms with van der Waals surface area (Å²) in [6.45, 7) is 5.66. The zero-order chi connectivity index (χ0) is 24.2. The van der Waals surface area contributed by atoms with E-state index < -0.39 is 11.8 Å². The summed E-state index contributed by atoms with van der Waals surface area (Å²) in [6.07, 6.45) is 2.08. The van der Waals surface area contributed by atoms with Gasteiger partial charge in [0.15, 0.2) is 18.1 Å². The Hall–Kier alpha value is -3.59. The van der Waals surface area contributed by atoms with E-state index in [-0.39, 0.29) is 18.6 Å². The highest BCUT2D eigenvalue weighted by Crippen LogP contribution is 2.28. The van der Waals surface area contributed by atoms with Crippen molar-refractivity contribution in [3.05, 3.63) is 53.1 Å². The number of anilines is 1. The maximum atomic E-state index is 12.1. The first-order valence-corrected chi connectivity index (χ1v) is 10.8. The summed E-state index contributed by atoms with van der Waals surface area (Å²) in [4.78, 5) is 35.7. The fourth-order valence-electron chi connectivity index (χ4n) is 2.47. The molecule has 0 bridgehead atoms. The van der Waals surface area contributed by atoms with Crippen LogP contribution in [0.1, 0.15) is 32.8 Å². The third-order valence-electron chi connectivity index (χ3n) is 4.33. The van der Waals surface area contributed by atoms with Gasteiger partial charge in [-0.2, -0.15) is 5.10 Å². The van der Waals surface area contributed by atoms with Crippen molar-refractivity contribution in [2.45, 2.75) is 33.2 Å². The van der Waals surface area contributed by atoms with E-state index in [0.717, 1.165) is 0 Å². The van der Waals surface area contributed by atoms with Crippen LogP contribution in [-0.4, -0.2) is 43.2 Å². The summed E-state index contributed by atoms with van der Waals surface area (Å²) in [5, 5.41) is 9.63. The molecule has 1 atom stereocenters. The van der Waals surface area contributed by atoms with Crippen molar-refractivity contribution in [3.8, 4) is 11.5 Å². The van der Waals surface area contributed by atoms with Gasteiger partial charge in [0.25, 0.3) is 5.91 Å². The molecule has 2 aromatic rings. The highest BCUT2D eigenvalue weighted by Gasteiger charge is 2.14. The Kier molecular flexibility index (Phi) is 10.2. The minimum Gasteiger partial charge on any atom is -0.490 e. The van der Waals surface area contributed by atoms with Crippen LogP contribution in [-0.2, 0) is 14.4 Å². The van der Waals surface area contributed by atoms with Crippen molar-refractivity contribution in [2.75, 3.05) is 18.5 Å². The lowest BCUT2D eigenvalue weighted by Crippen LogP contribution is -2.41. The van der Waals surface area contributed by atoms with Gasteiger partial charge in [-0.3, -0.25) is 14.4 Å². The SMILES string of the molecule is CCOc1cc(/C=N\NC(=O)C(=O)N[C@@H](C)CC)ccc1OCC(=O)Nc1ccc(Cl)cc1. The molecule has 0 aliphatic heterocycles. The monoisotopic (exact) mass is 474 g/mol. The molecule has 3 amide bonds. The molecule has 0 heterocycles. The summed E-state index contributed by atoms with van der Waals surface area (Å²) in [5.74, 6) is -1.18. The minimum atomic E-state index is -0.858. The summed E-state index contributed by atoms with van der Waals surface area (Å²) < 4.78 is 11.2. The molecule has 9 nitrogen and oxygen atoms in total. The second-order valence-electron chi connectivity index (χ2n) is 6.96. The first-order valence-electron chi connectivity index (χ1n) is 10.4. The topological polar surface area (TPSA) is 118 Å². The number of nitrogens with zero attached hydrogens (tertiary/aromatic N) is 1. The van der Waals surface area contributed by atoms with Crippen molar-refractivity contribution in [2.24, 2.45) is 5.10 Å². The summed E-state index contributed by atoms with van der Waals surface area (Å²) in [6, 6.07) is 11.5. The number of amides is 3. The Morgan fingerprint density at radius 2 is 1.76 bits per heavy atom. The van der Waals surface area contributed by atoms with Gasteiger partial charge in [-0.05, 0) is 68.3 Å². The maximum Gasteiger partial charge on any atom is 0.329 e. The highest BCUT2D eigenvalue weighted by atomic mass is 35.5. The van der Waals surface area contributed by atoms with Crippen LogP contribution < -0.4 is 25.5 Å². The molecule has 10 heteroatoms. The van der Waals surface area contributed by atoms with Crippen molar-refractivity contribution < 1.29 is 23.9 Å². The molecule has 3 N–H and O–H groups in total. The third kappa shape index (κ3) is 8.82. The first-order chi connectivity index (χ1) is 15.8. The third-order valence-corrected chi connectivity index (χ3v) is 4.58. The molecule has 0 unspecified atom stereocenters. The molecule has 0 radical (unpaired) electrons. The summed E-state index contributed by atoms with van der Waals surface area (Å²) >= 11 is 5.83. The second kappa shape index (κ2) is 13.1. The molecule has 0 aliphatic carbocycles. The Balaban J connectivity index is 1.95. The smallest absolute Gasteiger partial charge is 0.329 e. The van der Waals surface area contributed by atoms with Gasteiger partial charge in [0.2, 0.25) is 0 Å². The zero-order valence-electron chi connectivity index (χ0n) is 18.7. The van der Waals surface area contributed by atoms with Crippen LogP contribution in [0.2, 0.25) is 5.02 Å². The van der Waals surface area contributed by atoms with E-state index in [2.05, 4.69) is 21.2 Å². The van der Waals surface area contributed by atoms with Crippen molar-refractivity contribution >= 4 is 41.2 Å². The van der Waals surface area contributed by atoms with E-state index >= 15 is 0 Å². The van der Waals surface area contributed by atoms with E-state index in [1.807, 2.05) is 13.8 Å². The van der Waals surface area contributed by atoms with Crippen LogP contribution in [0.25, 0.3) is 0 Å². The lowest BCUT2D eigenvalue weighted by atomic mass is 10.2. The fourth-order valence-corrected chi connectivity index (χ4v) is 2.60. The number of hydrazone groups is 1. The number of ether oxygens (including phenoxy) is 2. The molecular weight excluding hydrogens is 448 g/mol. The van der Waals surface area contributed by atoms with Crippen LogP contribution in [0.3, 0.4) is 0 Å². The molecule has 0 fully saturated rings. The van der Waals surface area contributed by atoms with Gasteiger partial charge in [0.05, 0.1) is 12.8 Å².